The number of likely N-dealkylation sites (tertiary alicyclic amines) is 2. The molecule has 2 aliphatic heterocycles. The second-order valence-electron chi connectivity index (χ2n) is 12.3. The number of aromatic amines is 1. The number of pyridine rings is 1. The number of piperidine rings is 1. The Morgan fingerprint density at radius 1 is 1.16 bits per heavy atom. The zero-order valence-electron chi connectivity index (χ0n) is 24.0. The van der Waals surface area contributed by atoms with E-state index in [-0.39, 0.29) is 17.4 Å². The van der Waals surface area contributed by atoms with E-state index in [1.54, 1.807) is 12.3 Å². The molecule has 3 fully saturated rings. The highest BCUT2D eigenvalue weighted by molar-refractivity contribution is 5.90. The van der Waals surface area contributed by atoms with Gasteiger partial charge in [0.2, 0.25) is 0 Å². The van der Waals surface area contributed by atoms with Crippen molar-refractivity contribution in [2.24, 2.45) is 0 Å². The Kier molecular flexibility index (Phi) is 7.26. The molecule has 0 amide bonds. The van der Waals surface area contributed by atoms with Gasteiger partial charge in [-0.05, 0) is 49.4 Å². The highest BCUT2D eigenvalue weighted by atomic mass is 19.4. The van der Waals surface area contributed by atoms with Gasteiger partial charge >= 0.3 is 6.18 Å². The van der Waals surface area contributed by atoms with Crippen molar-refractivity contribution in [1.29, 1.82) is 5.26 Å². The summed E-state index contributed by atoms with van der Waals surface area (Å²) in [6.45, 7) is 2.87. The van der Waals surface area contributed by atoms with Crippen LogP contribution in [-0.4, -0.2) is 89.0 Å². The first-order valence-corrected chi connectivity index (χ1v) is 14.9. The van der Waals surface area contributed by atoms with E-state index < -0.39 is 18.0 Å². The minimum Gasteiger partial charge on any atom is -0.390 e. The van der Waals surface area contributed by atoms with Crippen molar-refractivity contribution >= 4 is 16.9 Å². The molecule has 3 aliphatic rings. The van der Waals surface area contributed by atoms with Crippen molar-refractivity contribution < 1.29 is 18.3 Å². The average molecular weight is 607 g/mol. The number of rotatable bonds is 8. The van der Waals surface area contributed by atoms with Crippen molar-refractivity contribution in [2.45, 2.75) is 68.6 Å². The van der Waals surface area contributed by atoms with Crippen LogP contribution in [0.1, 0.15) is 43.4 Å². The third-order valence-corrected chi connectivity index (χ3v) is 9.25. The zero-order chi connectivity index (χ0) is 30.5. The highest BCUT2D eigenvalue weighted by Gasteiger charge is 2.49. The third kappa shape index (κ3) is 5.51. The van der Waals surface area contributed by atoms with Gasteiger partial charge in [-0.1, -0.05) is 0 Å². The minimum absolute atomic E-state index is 0.0108. The maximum Gasteiger partial charge on any atom is 0.433 e. The first-order chi connectivity index (χ1) is 21.2. The van der Waals surface area contributed by atoms with Crippen LogP contribution in [-0.2, 0) is 18.3 Å². The number of hydrogen-bond acceptors (Lipinski definition) is 9. The fourth-order valence-electron chi connectivity index (χ4n) is 6.89. The Labute approximate surface area is 251 Å². The van der Waals surface area contributed by atoms with Gasteiger partial charge in [0.1, 0.15) is 23.5 Å². The average Bonchev–Trinajstić information content (AvgIpc) is 3.64. The molecular weight excluding hydrogens is 573 g/mol. The number of nitriles is 1. The molecule has 0 unspecified atom stereocenters. The molecule has 230 valence electrons. The summed E-state index contributed by atoms with van der Waals surface area (Å²) in [5, 5.41) is 28.1. The topological polar surface area (TPSA) is 135 Å². The first kappa shape index (κ1) is 28.7. The van der Waals surface area contributed by atoms with Crippen LogP contribution in [0.4, 0.5) is 19.0 Å². The van der Waals surface area contributed by atoms with E-state index in [1.165, 1.54) is 6.33 Å². The number of aliphatic hydroxyl groups excluding tert-OH is 1. The zero-order valence-corrected chi connectivity index (χ0v) is 24.0. The van der Waals surface area contributed by atoms with E-state index in [0.29, 0.717) is 37.7 Å². The van der Waals surface area contributed by atoms with E-state index in [9.17, 15) is 23.5 Å². The molecule has 0 atom stereocenters. The molecule has 11 nitrogen and oxygen atoms in total. The highest BCUT2D eigenvalue weighted by Crippen LogP contribution is 2.45. The summed E-state index contributed by atoms with van der Waals surface area (Å²) in [6.07, 6.45) is 5.66. The lowest BCUT2D eigenvalue weighted by Crippen LogP contribution is -2.58. The van der Waals surface area contributed by atoms with Crippen molar-refractivity contribution in [3.05, 3.63) is 54.4 Å². The molecule has 6 heterocycles. The van der Waals surface area contributed by atoms with Gasteiger partial charge < -0.3 is 20.3 Å². The SMILES string of the molecule is N#CC[C@]1(n2cc(-c3ncnc4[nH]ccc34)cn2)C[C@H](N2CCC(Nc3cc(CN4CC(O)C4)cc(C(F)(F)F)n3)CC2)C1. The van der Waals surface area contributed by atoms with E-state index in [0.717, 1.165) is 67.1 Å². The number of H-pyrrole nitrogens is 1. The maximum absolute atomic E-state index is 13.6. The summed E-state index contributed by atoms with van der Waals surface area (Å²) >= 11 is 0. The smallest absolute Gasteiger partial charge is 0.390 e. The van der Waals surface area contributed by atoms with Crippen LogP contribution in [0.2, 0.25) is 0 Å². The molecule has 3 N–H and O–H groups in total. The van der Waals surface area contributed by atoms with Gasteiger partial charge in [-0.3, -0.25) is 9.58 Å². The number of halogens is 3. The number of anilines is 1. The van der Waals surface area contributed by atoms with Crippen LogP contribution in [0.3, 0.4) is 0 Å². The number of fused-ring (bicyclic) bond motifs is 1. The summed E-state index contributed by atoms with van der Waals surface area (Å²) in [7, 11) is 0. The molecule has 4 aromatic heterocycles. The Hall–Kier alpha value is -4.06. The maximum atomic E-state index is 13.6. The Bertz CT molecular complexity index is 1670. The lowest BCUT2D eigenvalue weighted by Gasteiger charge is -2.52. The number of hydrogen-bond donors (Lipinski definition) is 3. The van der Waals surface area contributed by atoms with Crippen molar-refractivity contribution in [1.82, 2.24) is 39.5 Å². The van der Waals surface area contributed by atoms with Gasteiger partial charge in [0, 0.05) is 68.2 Å². The lowest BCUT2D eigenvalue weighted by molar-refractivity contribution is -0.141. The second kappa shape index (κ2) is 11.1. The van der Waals surface area contributed by atoms with Gasteiger partial charge in [-0.15, -0.1) is 0 Å². The minimum atomic E-state index is -4.54. The molecule has 2 saturated heterocycles. The Morgan fingerprint density at radius 3 is 2.68 bits per heavy atom. The Balaban J connectivity index is 0.981. The van der Waals surface area contributed by atoms with E-state index in [2.05, 4.69) is 41.3 Å². The van der Waals surface area contributed by atoms with Crippen molar-refractivity contribution in [3.8, 4) is 17.3 Å². The monoisotopic (exact) mass is 606 g/mol. The molecule has 4 aromatic rings. The molecule has 1 aliphatic carbocycles. The summed E-state index contributed by atoms with van der Waals surface area (Å²) in [5.74, 6) is 0.237. The third-order valence-electron chi connectivity index (χ3n) is 9.25. The molecule has 7 rings (SSSR count). The number of nitrogens with zero attached hydrogens (tertiary/aromatic N) is 8. The fourth-order valence-corrected chi connectivity index (χ4v) is 6.89. The number of nitrogens with one attached hydrogen (secondary N) is 2. The molecule has 0 radical (unpaired) electrons. The van der Waals surface area contributed by atoms with Crippen LogP contribution in [0.5, 0.6) is 0 Å². The number of aliphatic hydroxyl groups is 1. The number of β-amino-alcohol motifs (C(OH)–C–C–N with tert-alkyl or cyclic N) is 1. The van der Waals surface area contributed by atoms with Gasteiger partial charge in [-0.2, -0.15) is 23.5 Å². The van der Waals surface area contributed by atoms with Gasteiger partial charge in [0.15, 0.2) is 0 Å². The van der Waals surface area contributed by atoms with E-state index in [1.807, 2.05) is 28.0 Å². The molecule has 0 aromatic carbocycles. The van der Waals surface area contributed by atoms with Crippen LogP contribution < -0.4 is 5.32 Å². The van der Waals surface area contributed by atoms with Crippen LogP contribution in [0.25, 0.3) is 22.3 Å². The van der Waals surface area contributed by atoms with Crippen LogP contribution in [0, 0.1) is 11.3 Å². The molecule has 0 bridgehead atoms. The number of aromatic nitrogens is 6. The fraction of sp³-hybridized carbons (Fsp3) is 0.500. The normalized spacial score (nSPS) is 23.8. The second-order valence-corrected chi connectivity index (χ2v) is 12.3. The summed E-state index contributed by atoms with van der Waals surface area (Å²) in [5.41, 5.74) is 1.66. The summed E-state index contributed by atoms with van der Waals surface area (Å²) in [4.78, 5) is 20.1. The molecule has 0 spiro atoms. The largest absolute Gasteiger partial charge is 0.433 e. The molecule has 1 saturated carbocycles. The summed E-state index contributed by atoms with van der Waals surface area (Å²) < 4.78 is 42.7. The molecule has 44 heavy (non-hydrogen) atoms. The lowest BCUT2D eigenvalue weighted by atomic mass is 9.69. The van der Waals surface area contributed by atoms with Crippen molar-refractivity contribution in [3.63, 3.8) is 0 Å². The molecular formula is C30H33F3N10O. The predicted molar refractivity (Wildman–Crippen MR) is 155 cm³/mol. The number of alkyl halides is 3. The van der Waals surface area contributed by atoms with Crippen molar-refractivity contribution in [2.75, 3.05) is 31.5 Å². The molecule has 14 heteroatoms. The van der Waals surface area contributed by atoms with Crippen LogP contribution in [0.15, 0.2) is 43.1 Å². The van der Waals surface area contributed by atoms with E-state index >= 15 is 0 Å². The van der Waals surface area contributed by atoms with Crippen LogP contribution >= 0.6 is 0 Å². The van der Waals surface area contributed by atoms with Gasteiger partial charge in [0.05, 0.1) is 36.0 Å². The van der Waals surface area contributed by atoms with E-state index in [4.69, 9.17) is 0 Å². The van der Waals surface area contributed by atoms with Gasteiger partial charge in [-0.25, -0.2) is 15.0 Å². The van der Waals surface area contributed by atoms with Gasteiger partial charge in [0.25, 0.3) is 0 Å². The first-order valence-electron chi connectivity index (χ1n) is 14.9. The summed E-state index contributed by atoms with van der Waals surface area (Å²) in [6, 6.07) is 7.40. The quantitative estimate of drug-likeness (QED) is 0.274. The Morgan fingerprint density at radius 2 is 1.95 bits per heavy atom. The standard InChI is InChI=1S/C30H33F3N10O/c31-30(32,33)25-9-19(14-41-16-23(44)17-41)10-26(40-25)39-21-2-7-42(8-3-21)22-11-29(12-22,4-5-34)43-15-20(13-38-43)27-24-1-6-35-28(24)37-18-36-27/h1,6,9-10,13,15,18,21-23,44H,2-4,7-8,11-12,14,16-17H2,(H,39,40)(H,35,36,37)/t22-,29-. The predicted octanol–water partition coefficient (Wildman–Crippen LogP) is 3.76.